The Bertz CT molecular complexity index is 181. The van der Waals surface area contributed by atoms with E-state index in [0.29, 0.717) is 5.41 Å². The third-order valence-corrected chi connectivity index (χ3v) is 4.93. The highest BCUT2D eigenvalue weighted by atomic mass is 32.1. The first-order chi connectivity index (χ1) is 7.35. The van der Waals surface area contributed by atoms with Crippen LogP contribution in [0.4, 0.5) is 0 Å². The molecule has 15 heavy (non-hydrogen) atoms. The molecule has 0 spiro atoms. The highest BCUT2D eigenvalue weighted by Crippen LogP contribution is 2.38. The van der Waals surface area contributed by atoms with Crippen molar-refractivity contribution in [2.24, 2.45) is 5.41 Å². The molecule has 1 saturated carbocycles. The summed E-state index contributed by atoms with van der Waals surface area (Å²) in [4.78, 5) is 2.70. The van der Waals surface area contributed by atoms with Gasteiger partial charge < -0.3 is 4.90 Å². The van der Waals surface area contributed by atoms with E-state index in [1.165, 1.54) is 71.0 Å². The molecule has 2 rings (SSSR count). The van der Waals surface area contributed by atoms with Gasteiger partial charge in [-0.2, -0.15) is 12.6 Å². The zero-order valence-corrected chi connectivity index (χ0v) is 10.8. The summed E-state index contributed by atoms with van der Waals surface area (Å²) in [6, 6.07) is 0. The van der Waals surface area contributed by atoms with E-state index in [2.05, 4.69) is 17.5 Å². The van der Waals surface area contributed by atoms with Gasteiger partial charge in [0.1, 0.15) is 0 Å². The van der Waals surface area contributed by atoms with Gasteiger partial charge in [-0.1, -0.05) is 25.7 Å². The topological polar surface area (TPSA) is 3.24 Å². The molecule has 1 aliphatic heterocycles. The first-order valence-corrected chi connectivity index (χ1v) is 7.31. The predicted octanol–water partition coefficient (Wildman–Crippen LogP) is 3.35. The number of rotatable bonds is 3. The molecule has 0 aromatic carbocycles. The first-order valence-electron chi connectivity index (χ1n) is 6.68. The number of thiol groups is 1. The lowest BCUT2D eigenvalue weighted by Crippen LogP contribution is -2.42. The van der Waals surface area contributed by atoms with Gasteiger partial charge in [0, 0.05) is 6.54 Å². The van der Waals surface area contributed by atoms with E-state index in [9.17, 15) is 0 Å². The maximum Gasteiger partial charge on any atom is 0.00458 e. The van der Waals surface area contributed by atoms with Crippen molar-refractivity contribution in [3.63, 3.8) is 0 Å². The second-order valence-electron chi connectivity index (χ2n) is 5.56. The Balaban J connectivity index is 1.87. The van der Waals surface area contributed by atoms with Crippen molar-refractivity contribution >= 4 is 12.6 Å². The summed E-state index contributed by atoms with van der Waals surface area (Å²) in [5, 5.41) is 0. The van der Waals surface area contributed by atoms with E-state index in [-0.39, 0.29) is 0 Å². The molecule has 0 aromatic heterocycles. The molecule has 1 nitrogen and oxygen atoms in total. The van der Waals surface area contributed by atoms with Gasteiger partial charge in [-0.25, -0.2) is 0 Å². The van der Waals surface area contributed by atoms with Crippen LogP contribution in [0.3, 0.4) is 0 Å². The largest absolute Gasteiger partial charge is 0.303 e. The maximum atomic E-state index is 4.62. The second kappa shape index (κ2) is 5.58. The normalized spacial score (nSPS) is 27.8. The molecule has 0 amide bonds. The van der Waals surface area contributed by atoms with Crippen molar-refractivity contribution in [3.8, 4) is 0 Å². The SMILES string of the molecule is SCC1(CN2CCCCC2)CCCCC1. The maximum absolute atomic E-state index is 4.62. The van der Waals surface area contributed by atoms with Gasteiger partial charge in [0.15, 0.2) is 0 Å². The van der Waals surface area contributed by atoms with Gasteiger partial charge in [0.2, 0.25) is 0 Å². The van der Waals surface area contributed by atoms with Crippen molar-refractivity contribution in [2.45, 2.75) is 51.4 Å². The fraction of sp³-hybridized carbons (Fsp3) is 1.00. The molecule has 2 aliphatic rings. The lowest BCUT2D eigenvalue weighted by atomic mass is 9.75. The standard InChI is InChI=1S/C13H25NS/c15-12-13(7-3-1-4-8-13)11-14-9-5-2-6-10-14/h15H,1-12H2. The van der Waals surface area contributed by atoms with Crippen LogP contribution in [0.5, 0.6) is 0 Å². The number of hydrogen-bond donors (Lipinski definition) is 1. The predicted molar refractivity (Wildman–Crippen MR) is 69.7 cm³/mol. The monoisotopic (exact) mass is 227 g/mol. The summed E-state index contributed by atoms with van der Waals surface area (Å²) in [5.41, 5.74) is 0.568. The molecule has 0 aromatic rings. The van der Waals surface area contributed by atoms with E-state index in [4.69, 9.17) is 0 Å². The minimum atomic E-state index is 0.568. The number of nitrogens with zero attached hydrogens (tertiary/aromatic N) is 1. The van der Waals surface area contributed by atoms with Crippen LogP contribution in [0.1, 0.15) is 51.4 Å². The van der Waals surface area contributed by atoms with Gasteiger partial charge in [-0.05, 0) is 49.9 Å². The number of hydrogen-bond acceptors (Lipinski definition) is 2. The van der Waals surface area contributed by atoms with Gasteiger partial charge in [-0.15, -0.1) is 0 Å². The zero-order chi connectivity index (χ0) is 10.6. The molecule has 1 aliphatic carbocycles. The summed E-state index contributed by atoms with van der Waals surface area (Å²) < 4.78 is 0. The highest BCUT2D eigenvalue weighted by Gasteiger charge is 2.32. The Morgan fingerprint density at radius 2 is 1.47 bits per heavy atom. The van der Waals surface area contributed by atoms with E-state index >= 15 is 0 Å². The summed E-state index contributed by atoms with van der Waals surface area (Å²) >= 11 is 4.62. The third kappa shape index (κ3) is 3.13. The molecule has 0 unspecified atom stereocenters. The van der Waals surface area contributed by atoms with Crippen LogP contribution in [0.15, 0.2) is 0 Å². The van der Waals surface area contributed by atoms with Crippen LogP contribution in [0.25, 0.3) is 0 Å². The molecule has 0 atom stereocenters. The summed E-state index contributed by atoms with van der Waals surface area (Å²) in [5.74, 6) is 1.10. The van der Waals surface area contributed by atoms with Crippen molar-refractivity contribution in [1.29, 1.82) is 0 Å². The second-order valence-corrected chi connectivity index (χ2v) is 5.87. The lowest BCUT2D eigenvalue weighted by Gasteiger charge is -2.41. The molecular formula is C13H25NS. The van der Waals surface area contributed by atoms with Gasteiger partial charge in [0.25, 0.3) is 0 Å². The fourth-order valence-corrected chi connectivity index (χ4v) is 3.68. The molecule has 88 valence electrons. The Labute approximate surface area is 100 Å². The van der Waals surface area contributed by atoms with Crippen LogP contribution in [0, 0.1) is 5.41 Å². The third-order valence-electron chi connectivity index (χ3n) is 4.26. The Kier molecular flexibility index (Phi) is 4.39. The van der Waals surface area contributed by atoms with Gasteiger partial charge >= 0.3 is 0 Å². The van der Waals surface area contributed by atoms with E-state index in [1.807, 2.05) is 0 Å². The minimum Gasteiger partial charge on any atom is -0.303 e. The van der Waals surface area contributed by atoms with E-state index in [1.54, 1.807) is 0 Å². The van der Waals surface area contributed by atoms with Crippen molar-refractivity contribution in [1.82, 2.24) is 4.90 Å². The molecule has 0 bridgehead atoms. The molecular weight excluding hydrogens is 202 g/mol. The van der Waals surface area contributed by atoms with Crippen LogP contribution < -0.4 is 0 Å². The quantitative estimate of drug-likeness (QED) is 0.724. The zero-order valence-electron chi connectivity index (χ0n) is 9.88. The summed E-state index contributed by atoms with van der Waals surface area (Å²) in [6.45, 7) is 4.02. The summed E-state index contributed by atoms with van der Waals surface area (Å²) in [7, 11) is 0. The average Bonchev–Trinajstić information content (AvgIpc) is 2.32. The average molecular weight is 227 g/mol. The molecule has 1 saturated heterocycles. The molecule has 0 N–H and O–H groups in total. The van der Waals surface area contributed by atoms with Crippen molar-refractivity contribution in [2.75, 3.05) is 25.4 Å². The molecule has 0 radical (unpaired) electrons. The molecule has 2 fully saturated rings. The van der Waals surface area contributed by atoms with Gasteiger partial charge in [0.05, 0.1) is 0 Å². The van der Waals surface area contributed by atoms with Crippen molar-refractivity contribution < 1.29 is 0 Å². The smallest absolute Gasteiger partial charge is 0.00458 e. The Hall–Kier alpha value is 0.310. The Morgan fingerprint density at radius 1 is 0.867 bits per heavy atom. The van der Waals surface area contributed by atoms with E-state index in [0.717, 1.165) is 5.75 Å². The first kappa shape index (κ1) is 11.8. The minimum absolute atomic E-state index is 0.568. The highest BCUT2D eigenvalue weighted by molar-refractivity contribution is 7.80. The lowest BCUT2D eigenvalue weighted by molar-refractivity contribution is 0.111. The molecule has 1 heterocycles. The summed E-state index contributed by atoms with van der Waals surface area (Å²) in [6.07, 6.45) is 11.5. The Morgan fingerprint density at radius 3 is 2.07 bits per heavy atom. The van der Waals surface area contributed by atoms with Crippen LogP contribution in [-0.4, -0.2) is 30.3 Å². The van der Waals surface area contributed by atoms with Gasteiger partial charge in [-0.3, -0.25) is 0 Å². The van der Waals surface area contributed by atoms with Crippen LogP contribution >= 0.6 is 12.6 Å². The fourth-order valence-electron chi connectivity index (χ4n) is 3.26. The van der Waals surface area contributed by atoms with Crippen molar-refractivity contribution in [3.05, 3.63) is 0 Å². The van der Waals surface area contributed by atoms with E-state index < -0.39 is 0 Å². The van der Waals surface area contributed by atoms with Crippen LogP contribution in [-0.2, 0) is 0 Å². The number of likely N-dealkylation sites (tertiary alicyclic amines) is 1. The van der Waals surface area contributed by atoms with Crippen LogP contribution in [0.2, 0.25) is 0 Å². The number of piperidine rings is 1. The molecule has 2 heteroatoms.